The normalized spacial score (nSPS) is 11.3. The zero-order valence-corrected chi connectivity index (χ0v) is 21.3. The van der Waals surface area contributed by atoms with Crippen LogP contribution in [0.15, 0.2) is 120 Å². The molecule has 0 aliphatic rings. The van der Waals surface area contributed by atoms with Gasteiger partial charge in [-0.25, -0.2) is 0 Å². The van der Waals surface area contributed by atoms with Gasteiger partial charge in [0.2, 0.25) is 0 Å². The van der Waals surface area contributed by atoms with Gasteiger partial charge in [0, 0.05) is 38.0 Å². The third-order valence-corrected chi connectivity index (χ3v) is 6.96. The van der Waals surface area contributed by atoms with E-state index in [1.54, 1.807) is 0 Å². The van der Waals surface area contributed by atoms with E-state index in [0.29, 0.717) is 0 Å². The molecule has 0 aliphatic carbocycles. The van der Waals surface area contributed by atoms with Crippen LogP contribution in [0.2, 0.25) is 0 Å². The highest BCUT2D eigenvalue weighted by Gasteiger charge is 2.17. The van der Waals surface area contributed by atoms with Gasteiger partial charge in [-0.1, -0.05) is 58.4 Å². The minimum Gasteiger partial charge on any atom is -0.310 e. The van der Waals surface area contributed by atoms with Crippen LogP contribution in [0, 0.1) is 13.8 Å². The van der Waals surface area contributed by atoms with Gasteiger partial charge >= 0.3 is 0 Å². The van der Waals surface area contributed by atoms with Gasteiger partial charge in [0.15, 0.2) is 0 Å². The molecule has 0 bridgehead atoms. The lowest BCUT2D eigenvalue weighted by Crippen LogP contribution is -2.09. The topological polar surface area (TPSA) is 8.17 Å². The molecule has 2 nitrogen and oxygen atoms in total. The molecule has 0 N–H and O–H groups in total. The fraction of sp³-hybridized carbons (Fsp3) is 0.0625. The highest BCUT2D eigenvalue weighted by atomic mass is 79.9. The lowest BCUT2D eigenvalue weighted by molar-refractivity contribution is 1.16. The highest BCUT2D eigenvalue weighted by molar-refractivity contribution is 9.10. The first-order chi connectivity index (χ1) is 17.1. The summed E-state index contributed by atoms with van der Waals surface area (Å²) in [6, 6.07) is 41.3. The van der Waals surface area contributed by atoms with E-state index in [9.17, 15) is 0 Å². The first-order valence-corrected chi connectivity index (χ1v) is 12.6. The Kier molecular flexibility index (Phi) is 5.43. The van der Waals surface area contributed by atoms with E-state index in [2.05, 4.69) is 155 Å². The molecule has 1 heterocycles. The molecule has 5 aromatic carbocycles. The Balaban J connectivity index is 1.64. The van der Waals surface area contributed by atoms with Gasteiger partial charge in [-0.05, 0) is 97.8 Å². The third kappa shape index (κ3) is 3.92. The first kappa shape index (κ1) is 21.7. The number of fused-ring (bicyclic) bond motifs is 3. The van der Waals surface area contributed by atoms with Crippen LogP contribution >= 0.6 is 15.9 Å². The minimum atomic E-state index is 1.08. The van der Waals surface area contributed by atoms with Crippen molar-refractivity contribution < 1.29 is 0 Å². The average molecular weight is 517 g/mol. The van der Waals surface area contributed by atoms with Gasteiger partial charge in [0.1, 0.15) is 0 Å². The molecule has 0 atom stereocenters. The van der Waals surface area contributed by atoms with E-state index in [1.165, 1.54) is 38.6 Å². The standard InChI is InChI=1S/C32H25BrN2/c1-22-17-23(2)19-28(18-22)35-31-15-13-24(33)20-29(31)30-21-27(14-16-32(30)35)34(25-9-5-3-6-10-25)26-11-7-4-8-12-26/h3-21H,1-2H3. The molecular formula is C32H25BrN2. The minimum absolute atomic E-state index is 1.08. The van der Waals surface area contributed by atoms with Crippen LogP contribution in [0.1, 0.15) is 11.1 Å². The first-order valence-electron chi connectivity index (χ1n) is 11.8. The van der Waals surface area contributed by atoms with Crippen molar-refractivity contribution in [3.63, 3.8) is 0 Å². The highest BCUT2D eigenvalue weighted by Crippen LogP contribution is 2.40. The number of anilines is 3. The largest absolute Gasteiger partial charge is 0.310 e. The third-order valence-electron chi connectivity index (χ3n) is 6.46. The lowest BCUT2D eigenvalue weighted by atomic mass is 10.1. The smallest absolute Gasteiger partial charge is 0.0542 e. The maximum Gasteiger partial charge on any atom is 0.0542 e. The van der Waals surface area contributed by atoms with E-state index < -0.39 is 0 Å². The van der Waals surface area contributed by atoms with E-state index >= 15 is 0 Å². The predicted molar refractivity (Wildman–Crippen MR) is 153 cm³/mol. The maximum absolute atomic E-state index is 3.71. The van der Waals surface area contributed by atoms with Crippen molar-refractivity contribution in [2.75, 3.05) is 4.90 Å². The van der Waals surface area contributed by atoms with Crippen molar-refractivity contribution >= 4 is 54.8 Å². The fourth-order valence-corrected chi connectivity index (χ4v) is 5.44. The fourth-order valence-electron chi connectivity index (χ4n) is 5.08. The monoisotopic (exact) mass is 516 g/mol. The van der Waals surface area contributed by atoms with E-state index in [-0.39, 0.29) is 0 Å². The van der Waals surface area contributed by atoms with Gasteiger partial charge < -0.3 is 9.47 Å². The second-order valence-electron chi connectivity index (χ2n) is 9.05. The molecule has 3 heteroatoms. The van der Waals surface area contributed by atoms with E-state index in [1.807, 2.05) is 0 Å². The van der Waals surface area contributed by atoms with Crippen molar-refractivity contribution in [3.05, 3.63) is 131 Å². The van der Waals surface area contributed by atoms with E-state index in [0.717, 1.165) is 21.5 Å². The number of hydrogen-bond acceptors (Lipinski definition) is 1. The Morgan fingerprint density at radius 1 is 0.543 bits per heavy atom. The van der Waals surface area contributed by atoms with Gasteiger partial charge in [-0.3, -0.25) is 0 Å². The Bertz CT molecular complexity index is 1610. The summed E-state index contributed by atoms with van der Waals surface area (Å²) < 4.78 is 3.47. The van der Waals surface area contributed by atoms with Crippen molar-refractivity contribution in [1.29, 1.82) is 0 Å². The van der Waals surface area contributed by atoms with Crippen molar-refractivity contribution in [2.45, 2.75) is 13.8 Å². The molecule has 0 spiro atoms. The molecule has 0 saturated carbocycles. The Morgan fingerprint density at radius 3 is 1.69 bits per heavy atom. The summed E-state index contributed by atoms with van der Waals surface area (Å²) >= 11 is 3.71. The Labute approximate surface area is 214 Å². The van der Waals surface area contributed by atoms with Crippen LogP contribution < -0.4 is 4.90 Å². The molecule has 170 valence electrons. The van der Waals surface area contributed by atoms with Crippen LogP contribution in [0.3, 0.4) is 0 Å². The van der Waals surface area contributed by atoms with Crippen molar-refractivity contribution in [2.24, 2.45) is 0 Å². The number of aromatic nitrogens is 1. The number of halogens is 1. The van der Waals surface area contributed by atoms with Crippen LogP contribution in [0.5, 0.6) is 0 Å². The summed E-state index contributed by atoms with van der Waals surface area (Å²) in [7, 11) is 0. The molecule has 1 aromatic heterocycles. The molecule has 35 heavy (non-hydrogen) atoms. The molecular weight excluding hydrogens is 492 g/mol. The van der Waals surface area contributed by atoms with Crippen LogP contribution in [0.25, 0.3) is 27.5 Å². The lowest BCUT2D eigenvalue weighted by Gasteiger charge is -2.25. The summed E-state index contributed by atoms with van der Waals surface area (Å²) in [6.45, 7) is 4.33. The number of para-hydroxylation sites is 2. The average Bonchev–Trinajstić information content (AvgIpc) is 3.18. The van der Waals surface area contributed by atoms with Gasteiger partial charge in [-0.2, -0.15) is 0 Å². The number of aryl methyl sites for hydroxylation is 2. The summed E-state index contributed by atoms with van der Waals surface area (Å²) in [5.41, 5.74) is 9.54. The summed E-state index contributed by atoms with van der Waals surface area (Å²) in [5.74, 6) is 0. The number of nitrogens with zero attached hydrogens (tertiary/aromatic N) is 2. The molecule has 0 amide bonds. The summed E-state index contributed by atoms with van der Waals surface area (Å²) in [6.07, 6.45) is 0. The Hall–Kier alpha value is -3.82. The van der Waals surface area contributed by atoms with Crippen LogP contribution in [0.4, 0.5) is 17.1 Å². The molecule has 0 radical (unpaired) electrons. The molecule has 6 aromatic rings. The Morgan fingerprint density at radius 2 is 1.09 bits per heavy atom. The van der Waals surface area contributed by atoms with Gasteiger partial charge in [-0.15, -0.1) is 0 Å². The number of hydrogen-bond donors (Lipinski definition) is 0. The van der Waals surface area contributed by atoms with Crippen molar-refractivity contribution in [1.82, 2.24) is 4.57 Å². The van der Waals surface area contributed by atoms with E-state index in [4.69, 9.17) is 0 Å². The maximum atomic E-state index is 3.71. The quantitative estimate of drug-likeness (QED) is 0.226. The van der Waals surface area contributed by atoms with Crippen LogP contribution in [-0.2, 0) is 0 Å². The predicted octanol–water partition coefficient (Wildman–Crippen LogP) is 9.63. The van der Waals surface area contributed by atoms with Crippen molar-refractivity contribution in [3.8, 4) is 5.69 Å². The summed E-state index contributed by atoms with van der Waals surface area (Å²) in [4.78, 5) is 2.32. The second kappa shape index (κ2) is 8.75. The zero-order valence-electron chi connectivity index (χ0n) is 19.7. The summed E-state index contributed by atoms with van der Waals surface area (Å²) in [5, 5.41) is 2.46. The SMILES string of the molecule is Cc1cc(C)cc(-n2c3ccc(Br)cc3c3cc(N(c4ccccc4)c4ccccc4)ccc32)c1. The van der Waals surface area contributed by atoms with Gasteiger partial charge in [0.05, 0.1) is 11.0 Å². The molecule has 0 aliphatic heterocycles. The molecule has 6 rings (SSSR count). The zero-order chi connectivity index (χ0) is 23.9. The second-order valence-corrected chi connectivity index (χ2v) is 9.97. The molecule has 0 unspecified atom stereocenters. The number of rotatable bonds is 4. The number of benzene rings is 5. The van der Waals surface area contributed by atoms with Gasteiger partial charge in [0.25, 0.3) is 0 Å². The molecule has 0 fully saturated rings. The molecule has 0 saturated heterocycles. The van der Waals surface area contributed by atoms with Crippen LogP contribution in [-0.4, -0.2) is 4.57 Å².